The zero-order valence-electron chi connectivity index (χ0n) is 12.9. The largest absolute Gasteiger partial charge is 0.493 e. The van der Waals surface area contributed by atoms with Crippen LogP contribution in [0.1, 0.15) is 44.0 Å². The average molecular weight is 292 g/mol. The van der Waals surface area contributed by atoms with Crippen molar-refractivity contribution in [2.24, 2.45) is 0 Å². The highest BCUT2D eigenvalue weighted by atomic mass is 16.5. The summed E-state index contributed by atoms with van der Waals surface area (Å²) in [5, 5.41) is 5.50. The fourth-order valence-corrected chi connectivity index (χ4v) is 1.96. The molecule has 5 heteroatoms. The summed E-state index contributed by atoms with van der Waals surface area (Å²) in [7, 11) is 0. The van der Waals surface area contributed by atoms with Crippen LogP contribution in [-0.4, -0.2) is 31.0 Å². The summed E-state index contributed by atoms with van der Waals surface area (Å²) in [6.07, 6.45) is 1.76. The van der Waals surface area contributed by atoms with Crippen molar-refractivity contribution in [1.29, 1.82) is 0 Å². The molecule has 0 aliphatic heterocycles. The van der Waals surface area contributed by atoms with Crippen molar-refractivity contribution in [3.63, 3.8) is 0 Å². The number of hydrogen-bond donors (Lipinski definition) is 2. The zero-order chi connectivity index (χ0) is 15.7. The van der Waals surface area contributed by atoms with Gasteiger partial charge in [-0.05, 0) is 31.9 Å². The first-order valence-corrected chi connectivity index (χ1v) is 7.41. The molecule has 0 aliphatic carbocycles. The third-order valence-electron chi connectivity index (χ3n) is 3.19. The van der Waals surface area contributed by atoms with Crippen LogP contribution in [0.5, 0.6) is 5.75 Å². The Bertz CT molecular complexity index is 470. The predicted octanol–water partition coefficient (Wildman–Crippen LogP) is 2.12. The van der Waals surface area contributed by atoms with Crippen LogP contribution in [0.2, 0.25) is 0 Å². The van der Waals surface area contributed by atoms with E-state index in [0.717, 1.165) is 12.8 Å². The summed E-state index contributed by atoms with van der Waals surface area (Å²) < 4.78 is 5.40. The third-order valence-corrected chi connectivity index (χ3v) is 3.19. The Balaban J connectivity index is 2.56. The van der Waals surface area contributed by atoms with Crippen molar-refractivity contribution in [1.82, 2.24) is 10.6 Å². The van der Waals surface area contributed by atoms with E-state index in [1.165, 1.54) is 0 Å². The molecule has 2 amide bonds. The van der Waals surface area contributed by atoms with Gasteiger partial charge in [0.2, 0.25) is 5.91 Å². The Morgan fingerprint density at radius 2 is 1.81 bits per heavy atom. The number of amides is 2. The van der Waals surface area contributed by atoms with Gasteiger partial charge in [-0.25, -0.2) is 0 Å². The van der Waals surface area contributed by atoms with Gasteiger partial charge in [-0.15, -0.1) is 0 Å². The lowest BCUT2D eigenvalue weighted by Gasteiger charge is -2.15. The number of benzene rings is 1. The van der Waals surface area contributed by atoms with Crippen molar-refractivity contribution in [3.8, 4) is 5.75 Å². The lowest BCUT2D eigenvalue weighted by Crippen LogP contribution is -2.41. The zero-order valence-corrected chi connectivity index (χ0v) is 12.9. The highest BCUT2D eigenvalue weighted by Gasteiger charge is 2.14. The molecule has 21 heavy (non-hydrogen) atoms. The van der Waals surface area contributed by atoms with E-state index >= 15 is 0 Å². The molecule has 0 radical (unpaired) electrons. The fraction of sp³-hybridized carbons (Fsp3) is 0.500. The Hall–Kier alpha value is -2.04. The van der Waals surface area contributed by atoms with Crippen molar-refractivity contribution in [2.45, 2.75) is 39.7 Å². The number of nitrogens with one attached hydrogen (secondary N) is 2. The molecule has 0 fully saturated rings. The first-order chi connectivity index (χ1) is 10.1. The van der Waals surface area contributed by atoms with Gasteiger partial charge in [0.25, 0.3) is 5.91 Å². The van der Waals surface area contributed by atoms with Gasteiger partial charge in [-0.1, -0.05) is 26.0 Å². The highest BCUT2D eigenvalue weighted by Crippen LogP contribution is 2.17. The van der Waals surface area contributed by atoms with Gasteiger partial charge in [0.15, 0.2) is 0 Å². The maximum Gasteiger partial charge on any atom is 0.255 e. The molecule has 0 saturated heterocycles. The maximum absolute atomic E-state index is 12.1. The molecule has 1 rings (SSSR count). The van der Waals surface area contributed by atoms with Crippen molar-refractivity contribution < 1.29 is 14.3 Å². The molecular weight excluding hydrogens is 268 g/mol. The molecule has 0 atom stereocenters. The molecule has 0 saturated carbocycles. The lowest BCUT2D eigenvalue weighted by molar-refractivity contribution is -0.120. The molecule has 0 aliphatic rings. The molecule has 116 valence electrons. The molecule has 0 aromatic heterocycles. The quantitative estimate of drug-likeness (QED) is 0.771. The molecule has 0 bridgehead atoms. The maximum atomic E-state index is 12.1. The minimum atomic E-state index is -0.307. The molecule has 2 N–H and O–H groups in total. The third kappa shape index (κ3) is 5.45. The molecule has 5 nitrogen and oxygen atoms in total. The second-order valence-corrected chi connectivity index (χ2v) is 4.69. The molecule has 1 aromatic rings. The van der Waals surface area contributed by atoms with Crippen LogP contribution in [0.15, 0.2) is 24.3 Å². The van der Waals surface area contributed by atoms with Crippen LogP contribution in [0.4, 0.5) is 0 Å². The Kier molecular flexibility index (Phi) is 7.29. The van der Waals surface area contributed by atoms with Crippen LogP contribution < -0.4 is 15.4 Å². The minimum absolute atomic E-state index is 0.0320. The molecule has 0 heterocycles. The number of ether oxygens (including phenoxy) is 1. The summed E-state index contributed by atoms with van der Waals surface area (Å²) in [5.74, 6) is 0.0441. The van der Waals surface area contributed by atoms with E-state index in [1.807, 2.05) is 26.8 Å². The molecule has 1 aromatic carbocycles. The normalized spacial score (nSPS) is 10.3. The monoisotopic (exact) mass is 292 g/mol. The second kappa shape index (κ2) is 9.00. The van der Waals surface area contributed by atoms with Gasteiger partial charge >= 0.3 is 0 Å². The number of rotatable bonds is 8. The summed E-state index contributed by atoms with van der Waals surface area (Å²) in [4.78, 5) is 23.9. The van der Waals surface area contributed by atoms with Crippen LogP contribution in [-0.2, 0) is 4.79 Å². The second-order valence-electron chi connectivity index (χ2n) is 4.69. The summed E-state index contributed by atoms with van der Waals surface area (Å²) >= 11 is 0. The first-order valence-electron chi connectivity index (χ1n) is 7.41. The number of carbonyl (C=O) groups is 2. The summed E-state index contributed by atoms with van der Waals surface area (Å²) in [5.41, 5.74) is 0.440. The Morgan fingerprint density at radius 1 is 1.14 bits per heavy atom. The van der Waals surface area contributed by atoms with E-state index in [9.17, 15) is 9.59 Å². The van der Waals surface area contributed by atoms with Crippen molar-refractivity contribution >= 4 is 11.8 Å². The minimum Gasteiger partial charge on any atom is -0.493 e. The van der Waals surface area contributed by atoms with Gasteiger partial charge in [0.1, 0.15) is 5.75 Å². The van der Waals surface area contributed by atoms with E-state index < -0.39 is 0 Å². The van der Waals surface area contributed by atoms with Gasteiger partial charge in [-0.2, -0.15) is 0 Å². The fourth-order valence-electron chi connectivity index (χ4n) is 1.96. The van der Waals surface area contributed by atoms with Gasteiger partial charge in [0, 0.05) is 6.04 Å². The van der Waals surface area contributed by atoms with Crippen LogP contribution >= 0.6 is 0 Å². The summed E-state index contributed by atoms with van der Waals surface area (Å²) in [6.45, 7) is 6.35. The van der Waals surface area contributed by atoms with E-state index in [0.29, 0.717) is 17.9 Å². The highest BCUT2D eigenvalue weighted by molar-refractivity contribution is 5.98. The van der Waals surface area contributed by atoms with E-state index in [1.54, 1.807) is 18.2 Å². The Morgan fingerprint density at radius 3 is 2.43 bits per heavy atom. The smallest absolute Gasteiger partial charge is 0.255 e. The number of hydrogen-bond acceptors (Lipinski definition) is 3. The Labute approximate surface area is 126 Å². The molecule has 0 unspecified atom stereocenters. The summed E-state index contributed by atoms with van der Waals surface area (Å²) in [6, 6.07) is 7.15. The lowest BCUT2D eigenvalue weighted by atomic mass is 10.1. The predicted molar refractivity (Wildman–Crippen MR) is 82.5 cm³/mol. The first kappa shape index (κ1) is 17.0. The number of para-hydroxylation sites is 1. The van der Waals surface area contributed by atoms with E-state index in [-0.39, 0.29) is 24.4 Å². The van der Waals surface area contributed by atoms with Gasteiger partial charge < -0.3 is 15.4 Å². The van der Waals surface area contributed by atoms with Crippen molar-refractivity contribution in [3.05, 3.63) is 29.8 Å². The van der Waals surface area contributed by atoms with Crippen LogP contribution in [0, 0.1) is 0 Å². The van der Waals surface area contributed by atoms with Crippen LogP contribution in [0.25, 0.3) is 0 Å². The number of carbonyl (C=O) groups excluding carboxylic acids is 2. The topological polar surface area (TPSA) is 67.4 Å². The standard InChI is InChI=1S/C16H24N2O3/c1-4-12(5-2)18-15(19)11-17-16(20)13-9-7-8-10-14(13)21-6-3/h7-10,12H,4-6,11H2,1-3H3,(H,17,20)(H,18,19). The van der Waals surface area contributed by atoms with Gasteiger partial charge in [-0.3, -0.25) is 9.59 Å². The average Bonchev–Trinajstić information content (AvgIpc) is 2.51. The van der Waals surface area contributed by atoms with E-state index in [2.05, 4.69) is 10.6 Å². The van der Waals surface area contributed by atoms with Crippen molar-refractivity contribution in [2.75, 3.05) is 13.2 Å². The van der Waals surface area contributed by atoms with E-state index in [4.69, 9.17) is 4.74 Å². The SMILES string of the molecule is CCOc1ccccc1C(=O)NCC(=O)NC(CC)CC. The van der Waals surface area contributed by atoms with Gasteiger partial charge in [0.05, 0.1) is 18.7 Å². The van der Waals surface area contributed by atoms with Crippen LogP contribution in [0.3, 0.4) is 0 Å². The molecule has 0 spiro atoms. The molecular formula is C16H24N2O3.